The number of hydrogen-bond acceptors (Lipinski definition) is 10. The Kier molecular flexibility index (Phi) is 13.9. The van der Waals surface area contributed by atoms with Crippen LogP contribution in [-0.2, 0) is 19.1 Å². The van der Waals surface area contributed by atoms with E-state index in [1.54, 1.807) is 0 Å². The van der Waals surface area contributed by atoms with Gasteiger partial charge in [-0.2, -0.15) is 0 Å². The number of H-pyrrole nitrogens is 1. The maximum atomic E-state index is 14.3. The summed E-state index contributed by atoms with van der Waals surface area (Å²) in [6.45, 7) is 9.35. The Bertz CT molecular complexity index is 2390. The first-order valence-corrected chi connectivity index (χ1v) is 23.2. The Balaban J connectivity index is 0.949. The third kappa shape index (κ3) is 9.59. The number of imidazole rings is 1. The number of nitrogens with one attached hydrogen (secondary N) is 4. The summed E-state index contributed by atoms with van der Waals surface area (Å²) in [4.78, 5) is 70.7. The molecule has 4 aliphatic heterocycles. The number of halogens is 1. The molecule has 4 aliphatic rings. The van der Waals surface area contributed by atoms with E-state index in [9.17, 15) is 23.6 Å². The molecule has 1 unspecified atom stereocenters. The van der Waals surface area contributed by atoms with E-state index in [0.717, 1.165) is 78.0 Å². The van der Waals surface area contributed by atoms with E-state index in [2.05, 4.69) is 74.4 Å². The van der Waals surface area contributed by atoms with Crippen molar-refractivity contribution in [1.82, 2.24) is 35.7 Å². The predicted octanol–water partition coefficient (Wildman–Crippen LogP) is 7.76. The maximum Gasteiger partial charge on any atom is 0.407 e. The minimum absolute atomic E-state index is 0.0400. The molecule has 4 amide bonds. The molecular formula is C50H62FN9O6. The maximum absolute atomic E-state index is 14.3. The first kappa shape index (κ1) is 46.1. The lowest BCUT2D eigenvalue weighted by Crippen LogP contribution is -2.54. The minimum atomic E-state index is -0.708. The van der Waals surface area contributed by atoms with Crippen LogP contribution in [0.15, 0.2) is 84.0 Å². The Labute approximate surface area is 385 Å². The van der Waals surface area contributed by atoms with Crippen molar-refractivity contribution in [2.24, 2.45) is 16.8 Å². The van der Waals surface area contributed by atoms with Crippen LogP contribution in [0.4, 0.5) is 19.7 Å². The van der Waals surface area contributed by atoms with Crippen molar-refractivity contribution in [1.29, 1.82) is 0 Å². The number of carbonyl (C=O) groups is 4. The number of aliphatic imine (C=N–C) groups is 1. The van der Waals surface area contributed by atoms with Crippen LogP contribution in [0, 0.1) is 17.7 Å². The molecule has 15 nitrogen and oxygen atoms in total. The molecule has 4 N–H and O–H groups in total. The van der Waals surface area contributed by atoms with Gasteiger partial charge in [0, 0.05) is 18.8 Å². The average Bonchev–Trinajstić information content (AvgIpc) is 4.19. The van der Waals surface area contributed by atoms with E-state index in [1.165, 1.54) is 26.4 Å². The third-order valence-electron chi connectivity index (χ3n) is 13.7. The van der Waals surface area contributed by atoms with Crippen molar-refractivity contribution in [2.75, 3.05) is 38.8 Å². The smallest absolute Gasteiger partial charge is 0.407 e. The van der Waals surface area contributed by atoms with E-state index in [1.807, 2.05) is 55.8 Å². The van der Waals surface area contributed by atoms with Gasteiger partial charge in [-0.25, -0.2) is 19.0 Å². The van der Waals surface area contributed by atoms with E-state index >= 15 is 0 Å². The van der Waals surface area contributed by atoms with Crippen molar-refractivity contribution >= 4 is 35.5 Å². The summed E-state index contributed by atoms with van der Waals surface area (Å²) in [6, 6.07) is 22.2. The summed E-state index contributed by atoms with van der Waals surface area (Å²) in [5, 5.41) is 9.05. The molecular weight excluding hydrogens is 842 g/mol. The fraction of sp³-hybridized carbons (Fsp3) is 0.480. The number of ether oxygens (including phenoxy) is 2. The zero-order valence-electron chi connectivity index (χ0n) is 38.6. The second-order valence-electron chi connectivity index (χ2n) is 18.5. The molecule has 7 atom stereocenters. The number of nitrogens with zero attached hydrogens (tertiary/aromatic N) is 5. The van der Waals surface area contributed by atoms with Gasteiger partial charge in [0.1, 0.15) is 29.6 Å². The van der Waals surface area contributed by atoms with Crippen LogP contribution < -0.4 is 20.9 Å². The number of methoxy groups -OCH3 is 2. The number of anilines is 1. The highest BCUT2D eigenvalue weighted by Gasteiger charge is 2.41. The molecule has 0 bridgehead atoms. The number of hydrogen-bond donors (Lipinski definition) is 4. The van der Waals surface area contributed by atoms with Gasteiger partial charge in [0.25, 0.3) is 0 Å². The molecule has 0 aliphatic carbocycles. The zero-order valence-corrected chi connectivity index (χ0v) is 38.6. The zero-order chi connectivity index (χ0) is 46.6. The molecule has 3 fully saturated rings. The van der Waals surface area contributed by atoms with Crippen LogP contribution in [0.3, 0.4) is 0 Å². The fourth-order valence-electron chi connectivity index (χ4n) is 10.2. The molecule has 3 aromatic carbocycles. The number of aromatic amines is 1. The Morgan fingerprint density at radius 3 is 1.74 bits per heavy atom. The molecule has 8 rings (SSSR count). The van der Waals surface area contributed by atoms with Crippen LogP contribution >= 0.6 is 0 Å². The predicted molar refractivity (Wildman–Crippen MR) is 249 cm³/mol. The number of rotatable bonds is 13. The molecule has 16 heteroatoms. The lowest BCUT2D eigenvalue weighted by atomic mass is 9.99. The number of carbonyl (C=O) groups excluding carboxylic acids is 4. The van der Waals surface area contributed by atoms with Crippen molar-refractivity contribution in [3.8, 4) is 11.3 Å². The lowest BCUT2D eigenvalue weighted by Gasteiger charge is -2.33. The van der Waals surface area contributed by atoms with E-state index < -0.39 is 24.3 Å². The van der Waals surface area contributed by atoms with E-state index in [4.69, 9.17) is 19.5 Å². The summed E-state index contributed by atoms with van der Waals surface area (Å²) in [6.07, 6.45) is 5.60. The van der Waals surface area contributed by atoms with E-state index in [-0.39, 0.29) is 59.7 Å². The van der Waals surface area contributed by atoms with Crippen LogP contribution in [0.1, 0.15) is 113 Å². The molecule has 0 saturated carbocycles. The Morgan fingerprint density at radius 1 is 0.682 bits per heavy atom. The number of alkyl carbamates (subject to hydrolysis) is 2. The topological polar surface area (TPSA) is 174 Å². The van der Waals surface area contributed by atoms with Gasteiger partial charge in [-0.3, -0.25) is 14.6 Å². The molecule has 66 heavy (non-hydrogen) atoms. The van der Waals surface area contributed by atoms with Gasteiger partial charge >= 0.3 is 12.2 Å². The van der Waals surface area contributed by atoms with Gasteiger partial charge in [0.15, 0.2) is 0 Å². The Morgan fingerprint density at radius 2 is 1.20 bits per heavy atom. The SMILES string of the molecule is COC(=O)N[C@H](C(=O)N1CCC[C@H]1C1=NCC(c2ccc([C@H]3CC[C@H](c4ccc(-c5cnc([C@@H]6CCCN6C(=O)[C@@H](NC(=O)OC)C(C)C)[nH]5)cc4)N3c3ccc(F)cc3)cc2)N1)C(C)C. The molecule has 1 aromatic heterocycles. The second kappa shape index (κ2) is 20.0. The van der Waals surface area contributed by atoms with Crippen molar-refractivity contribution in [2.45, 2.75) is 109 Å². The lowest BCUT2D eigenvalue weighted by molar-refractivity contribution is -0.135. The summed E-state index contributed by atoms with van der Waals surface area (Å²) < 4.78 is 23.9. The number of amidine groups is 1. The highest BCUT2D eigenvalue weighted by atomic mass is 19.1. The second-order valence-corrected chi connectivity index (χ2v) is 18.5. The fourth-order valence-corrected chi connectivity index (χ4v) is 10.2. The molecule has 4 aromatic rings. The van der Waals surface area contributed by atoms with Gasteiger partial charge < -0.3 is 45.1 Å². The van der Waals surface area contributed by atoms with Gasteiger partial charge in [0.2, 0.25) is 11.8 Å². The first-order valence-electron chi connectivity index (χ1n) is 23.2. The van der Waals surface area contributed by atoms with Crippen LogP contribution in [0.2, 0.25) is 0 Å². The van der Waals surface area contributed by atoms with Gasteiger partial charge in [-0.05, 0) is 96.9 Å². The number of amides is 4. The monoisotopic (exact) mass is 903 g/mol. The normalized spacial score (nSPS) is 22.6. The molecule has 0 spiro atoms. The summed E-state index contributed by atoms with van der Waals surface area (Å²) in [5.41, 5.74) is 6.17. The van der Waals surface area contributed by atoms with Crippen LogP contribution in [0.5, 0.6) is 0 Å². The van der Waals surface area contributed by atoms with Crippen molar-refractivity contribution in [3.63, 3.8) is 0 Å². The van der Waals surface area contributed by atoms with Gasteiger partial charge in [-0.15, -0.1) is 0 Å². The third-order valence-corrected chi connectivity index (χ3v) is 13.7. The number of aromatic nitrogens is 2. The van der Waals surface area contributed by atoms with Gasteiger partial charge in [-0.1, -0.05) is 76.2 Å². The minimum Gasteiger partial charge on any atom is -0.453 e. The number of likely N-dealkylation sites (tertiary alicyclic amines) is 2. The highest BCUT2D eigenvalue weighted by molar-refractivity contribution is 5.95. The van der Waals surface area contributed by atoms with Crippen LogP contribution in [0.25, 0.3) is 11.3 Å². The van der Waals surface area contributed by atoms with Gasteiger partial charge in [0.05, 0.1) is 62.9 Å². The quantitative estimate of drug-likeness (QED) is 0.105. The number of benzene rings is 3. The standard InChI is InChI=1S/C50H62FN9O6/c1-29(2)43(56-49(63)65-5)47(61)58-25-7-9-41(58)45-52-27-37(54-45)31-11-15-33(16-12-31)39-23-24-40(60(39)36-21-19-35(51)20-22-36)34-17-13-32(14-18-34)38-28-53-46(55-38)42-10-8-26-59(42)48(62)44(30(3)4)57-50(64)66-6/h11-22,27,29-30,38-44H,7-10,23-26,28H2,1-6H3,(H,52,54)(H,53,55)(H,56,63)(H,57,64)/t38?,39-,40-,41+,42+,43+,44+/m1/s1. The van der Waals surface area contributed by atoms with Crippen molar-refractivity contribution in [3.05, 3.63) is 107 Å². The van der Waals surface area contributed by atoms with Crippen molar-refractivity contribution < 1.29 is 33.0 Å². The largest absolute Gasteiger partial charge is 0.453 e. The molecule has 0 radical (unpaired) electrons. The summed E-state index contributed by atoms with van der Waals surface area (Å²) in [7, 11) is 2.58. The Hall–Kier alpha value is -6.45. The highest BCUT2D eigenvalue weighted by Crippen LogP contribution is 2.47. The summed E-state index contributed by atoms with van der Waals surface area (Å²) >= 11 is 0. The molecule has 350 valence electrons. The van der Waals surface area contributed by atoms with Crippen LogP contribution in [-0.4, -0.2) is 102 Å². The van der Waals surface area contributed by atoms with E-state index in [0.29, 0.717) is 25.5 Å². The molecule has 5 heterocycles. The first-order chi connectivity index (χ1) is 31.8. The average molecular weight is 904 g/mol. The summed E-state index contributed by atoms with van der Waals surface area (Å²) in [5.74, 6) is 0.712. The molecule has 3 saturated heterocycles.